The van der Waals surface area contributed by atoms with E-state index in [1.807, 2.05) is 6.92 Å². The van der Waals surface area contributed by atoms with Crippen LogP contribution in [0.3, 0.4) is 0 Å². The zero-order valence-corrected chi connectivity index (χ0v) is 12.6. The first-order chi connectivity index (χ1) is 9.60. The summed E-state index contributed by atoms with van der Waals surface area (Å²) in [5, 5.41) is 0. The van der Waals surface area contributed by atoms with Crippen LogP contribution < -0.4 is 4.90 Å². The van der Waals surface area contributed by atoms with Gasteiger partial charge in [0.2, 0.25) is 0 Å². The number of pyridine rings is 1. The van der Waals surface area contributed by atoms with Gasteiger partial charge in [-0.25, -0.2) is 9.78 Å². The molecular formula is C13H15BrN2O4. The van der Waals surface area contributed by atoms with E-state index in [0.717, 1.165) is 10.9 Å². The smallest absolute Gasteiger partial charge is 0.416 e. The van der Waals surface area contributed by atoms with Crippen LogP contribution in [0, 0.1) is 0 Å². The van der Waals surface area contributed by atoms with Crippen LogP contribution in [0.2, 0.25) is 0 Å². The summed E-state index contributed by atoms with van der Waals surface area (Å²) in [6.45, 7) is 2.31. The lowest BCUT2D eigenvalue weighted by Gasteiger charge is -2.11. The molecule has 1 atom stereocenters. The van der Waals surface area contributed by atoms with Gasteiger partial charge >= 0.3 is 12.1 Å². The number of aromatic nitrogens is 1. The summed E-state index contributed by atoms with van der Waals surface area (Å²) in [4.78, 5) is 28.6. The number of hydrogen-bond donors (Lipinski definition) is 0. The highest BCUT2D eigenvalue weighted by atomic mass is 79.9. The molecule has 1 aromatic heterocycles. The van der Waals surface area contributed by atoms with Gasteiger partial charge in [0, 0.05) is 17.1 Å². The second-order valence-corrected chi connectivity index (χ2v) is 5.30. The number of hydrogen-bond acceptors (Lipinski definition) is 5. The highest BCUT2D eigenvalue weighted by Crippen LogP contribution is 2.21. The summed E-state index contributed by atoms with van der Waals surface area (Å²) in [7, 11) is 0. The lowest BCUT2D eigenvalue weighted by molar-refractivity contribution is -0.146. The van der Waals surface area contributed by atoms with Crippen LogP contribution >= 0.6 is 15.9 Å². The first-order valence-electron chi connectivity index (χ1n) is 6.35. The molecule has 1 aliphatic heterocycles. The summed E-state index contributed by atoms with van der Waals surface area (Å²) >= 11 is 3.28. The van der Waals surface area contributed by atoms with Crippen molar-refractivity contribution in [2.24, 2.45) is 0 Å². The molecule has 0 bridgehead atoms. The average Bonchev–Trinajstić information content (AvgIpc) is 2.79. The summed E-state index contributed by atoms with van der Waals surface area (Å²) in [6.07, 6.45) is 1.79. The molecule has 0 unspecified atom stereocenters. The maximum Gasteiger partial charge on any atom is 0.416 e. The second-order valence-electron chi connectivity index (χ2n) is 4.38. The van der Waals surface area contributed by atoms with E-state index < -0.39 is 12.2 Å². The molecule has 0 saturated carbocycles. The van der Waals surface area contributed by atoms with Gasteiger partial charge < -0.3 is 9.47 Å². The lowest BCUT2D eigenvalue weighted by Crippen LogP contribution is -2.27. The highest BCUT2D eigenvalue weighted by Gasteiger charge is 2.33. The zero-order chi connectivity index (χ0) is 14.5. The Morgan fingerprint density at radius 3 is 3.05 bits per heavy atom. The molecule has 2 rings (SSSR count). The molecule has 2 heterocycles. The van der Waals surface area contributed by atoms with E-state index in [0.29, 0.717) is 18.8 Å². The number of carbonyl (C=O) groups is 2. The fourth-order valence-electron chi connectivity index (χ4n) is 1.79. The summed E-state index contributed by atoms with van der Waals surface area (Å²) in [5.74, 6) is 0.240. The molecule has 1 amide bonds. The van der Waals surface area contributed by atoms with Gasteiger partial charge in [-0.1, -0.05) is 6.92 Å². The quantitative estimate of drug-likeness (QED) is 0.769. The predicted molar refractivity (Wildman–Crippen MR) is 75.4 cm³/mol. The number of esters is 1. The van der Waals surface area contributed by atoms with Gasteiger partial charge in [0.25, 0.3) is 0 Å². The van der Waals surface area contributed by atoms with Crippen molar-refractivity contribution in [3.63, 3.8) is 0 Å². The van der Waals surface area contributed by atoms with Gasteiger partial charge in [0.15, 0.2) is 6.10 Å². The summed E-state index contributed by atoms with van der Waals surface area (Å²) in [5.41, 5.74) is 0. The molecule has 0 N–H and O–H groups in total. The lowest BCUT2D eigenvalue weighted by atomic mass is 10.3. The Bertz CT molecular complexity index is 492. The second kappa shape index (κ2) is 6.69. The Balaban J connectivity index is 1.90. The maximum atomic E-state index is 11.8. The highest BCUT2D eigenvalue weighted by molar-refractivity contribution is 9.10. The van der Waals surface area contributed by atoms with Crippen LogP contribution in [0.15, 0.2) is 22.8 Å². The van der Waals surface area contributed by atoms with E-state index in [4.69, 9.17) is 9.47 Å². The van der Waals surface area contributed by atoms with E-state index >= 15 is 0 Å². The van der Waals surface area contributed by atoms with Gasteiger partial charge in [-0.05, 0) is 34.5 Å². The molecule has 0 radical (unpaired) electrons. The Morgan fingerprint density at radius 2 is 2.40 bits per heavy atom. The standard InChI is InChI=1S/C13H15BrN2O4/c1-2-3-12(17)19-8-10-7-16(13(18)20-10)11-5-4-9(14)6-15-11/h4-6,10H,2-3,7-8H2,1H3/t10-/m1/s1. The molecule has 0 aliphatic carbocycles. The zero-order valence-electron chi connectivity index (χ0n) is 11.0. The van der Waals surface area contributed by atoms with Gasteiger partial charge in [-0.3, -0.25) is 9.69 Å². The van der Waals surface area contributed by atoms with E-state index in [2.05, 4.69) is 20.9 Å². The average molecular weight is 343 g/mol. The van der Waals surface area contributed by atoms with Crippen molar-refractivity contribution in [2.45, 2.75) is 25.9 Å². The van der Waals surface area contributed by atoms with E-state index in [9.17, 15) is 9.59 Å². The number of nitrogens with zero attached hydrogens (tertiary/aromatic N) is 2. The van der Waals surface area contributed by atoms with Gasteiger partial charge in [-0.15, -0.1) is 0 Å². The third-order valence-corrected chi connectivity index (χ3v) is 3.22. The van der Waals surface area contributed by atoms with Crippen LogP contribution in [0.1, 0.15) is 19.8 Å². The van der Waals surface area contributed by atoms with Crippen molar-refractivity contribution in [2.75, 3.05) is 18.1 Å². The van der Waals surface area contributed by atoms with E-state index in [1.54, 1.807) is 18.3 Å². The third kappa shape index (κ3) is 3.69. The largest absolute Gasteiger partial charge is 0.462 e. The molecule has 1 saturated heterocycles. The van der Waals surface area contributed by atoms with E-state index in [1.165, 1.54) is 4.90 Å². The van der Waals surface area contributed by atoms with Crippen molar-refractivity contribution < 1.29 is 19.1 Å². The molecule has 1 aromatic rings. The third-order valence-electron chi connectivity index (χ3n) is 2.75. The molecule has 1 aliphatic rings. The number of halogens is 1. The topological polar surface area (TPSA) is 68.7 Å². The van der Waals surface area contributed by atoms with Crippen LogP contribution in [-0.2, 0) is 14.3 Å². The van der Waals surface area contributed by atoms with Crippen LogP contribution in [0.5, 0.6) is 0 Å². The fourth-order valence-corrected chi connectivity index (χ4v) is 2.02. The monoisotopic (exact) mass is 342 g/mol. The van der Waals surface area contributed by atoms with Crippen molar-refractivity contribution in [1.82, 2.24) is 4.98 Å². The SMILES string of the molecule is CCCC(=O)OC[C@H]1CN(c2ccc(Br)cn2)C(=O)O1. The minimum absolute atomic E-state index is 0.0810. The Labute approximate surface area is 125 Å². The predicted octanol–water partition coefficient (Wildman–Crippen LogP) is 2.51. The van der Waals surface area contributed by atoms with Gasteiger partial charge in [0.05, 0.1) is 6.54 Å². The van der Waals surface area contributed by atoms with Crippen LogP contribution in [-0.4, -0.2) is 36.3 Å². The number of carbonyl (C=O) groups excluding carboxylic acids is 2. The molecule has 0 aromatic carbocycles. The number of anilines is 1. The fraction of sp³-hybridized carbons (Fsp3) is 0.462. The van der Waals surface area contributed by atoms with Gasteiger partial charge in [0.1, 0.15) is 12.4 Å². The van der Waals surface area contributed by atoms with Crippen molar-refractivity contribution in [3.05, 3.63) is 22.8 Å². The maximum absolute atomic E-state index is 11.8. The van der Waals surface area contributed by atoms with Crippen molar-refractivity contribution in [3.8, 4) is 0 Å². The summed E-state index contributed by atoms with van der Waals surface area (Å²) in [6, 6.07) is 3.51. The molecule has 0 spiro atoms. The molecule has 6 nitrogen and oxygen atoms in total. The first-order valence-corrected chi connectivity index (χ1v) is 7.14. The Kier molecular flexibility index (Phi) is 4.94. The Hall–Kier alpha value is -1.63. The normalized spacial score (nSPS) is 18.0. The van der Waals surface area contributed by atoms with Crippen LogP contribution in [0.25, 0.3) is 0 Å². The number of amides is 1. The minimum Gasteiger partial charge on any atom is -0.462 e. The van der Waals surface area contributed by atoms with E-state index in [-0.39, 0.29) is 12.6 Å². The number of ether oxygens (including phenoxy) is 2. The van der Waals surface area contributed by atoms with Crippen LogP contribution in [0.4, 0.5) is 10.6 Å². The number of rotatable bonds is 5. The Morgan fingerprint density at radius 1 is 1.60 bits per heavy atom. The molecular weight excluding hydrogens is 328 g/mol. The van der Waals surface area contributed by atoms with Gasteiger partial charge in [-0.2, -0.15) is 0 Å². The first kappa shape index (κ1) is 14.8. The van der Waals surface area contributed by atoms with Crippen molar-refractivity contribution >= 4 is 33.8 Å². The summed E-state index contributed by atoms with van der Waals surface area (Å²) < 4.78 is 11.0. The molecule has 7 heteroatoms. The molecule has 20 heavy (non-hydrogen) atoms. The number of cyclic esters (lactones) is 1. The van der Waals surface area contributed by atoms with Crippen molar-refractivity contribution in [1.29, 1.82) is 0 Å². The minimum atomic E-state index is -0.476. The molecule has 1 fully saturated rings. The molecule has 108 valence electrons.